The molecule has 0 unspecified atom stereocenters. The van der Waals surface area contributed by atoms with Crippen LogP contribution in [0, 0.1) is 0 Å². The van der Waals surface area contributed by atoms with Crippen LogP contribution < -0.4 is 5.32 Å². The van der Waals surface area contributed by atoms with Crippen LogP contribution in [0.2, 0.25) is 0 Å². The number of benzene rings is 1. The second-order valence-corrected chi connectivity index (χ2v) is 10.6. The van der Waals surface area contributed by atoms with E-state index < -0.39 is 10.0 Å². The Hall–Kier alpha value is -1.49. The molecule has 1 aromatic heterocycles. The van der Waals surface area contributed by atoms with Crippen molar-refractivity contribution in [3.05, 3.63) is 35.4 Å². The summed E-state index contributed by atoms with van der Waals surface area (Å²) in [5.74, 6) is 0.567. The van der Waals surface area contributed by atoms with Gasteiger partial charge in [0.25, 0.3) is 5.91 Å². The molecule has 2 aromatic rings. The summed E-state index contributed by atoms with van der Waals surface area (Å²) in [6.07, 6.45) is 2.92. The predicted octanol–water partition coefficient (Wildman–Crippen LogP) is 3.22. The fourth-order valence-electron chi connectivity index (χ4n) is 2.81. The Morgan fingerprint density at radius 3 is 2.56 bits per heavy atom. The summed E-state index contributed by atoms with van der Waals surface area (Å²) in [6, 6.07) is 6.65. The standard InChI is InChI=1S/C17H22N4O3S3/c1-2-25-17-20-19-16(26-17)18-15(22)14-8-6-13(7-9-14)12-27(23,24)21-10-4-3-5-11-21/h6-9H,2-5,10-12H2,1H3,(H,18,19,22). The number of anilines is 1. The predicted molar refractivity (Wildman–Crippen MR) is 109 cm³/mol. The van der Waals surface area contributed by atoms with Crippen LogP contribution in [0.3, 0.4) is 0 Å². The van der Waals surface area contributed by atoms with Gasteiger partial charge in [-0.3, -0.25) is 10.1 Å². The molecule has 7 nitrogen and oxygen atoms in total. The van der Waals surface area contributed by atoms with Crippen molar-refractivity contribution in [1.29, 1.82) is 0 Å². The molecule has 0 radical (unpaired) electrons. The van der Waals surface area contributed by atoms with Crippen LogP contribution in [-0.2, 0) is 15.8 Å². The normalized spacial score (nSPS) is 15.6. The molecule has 0 spiro atoms. The first-order chi connectivity index (χ1) is 13.0. The minimum Gasteiger partial charge on any atom is -0.296 e. The molecular formula is C17H22N4O3S3. The van der Waals surface area contributed by atoms with Gasteiger partial charge in [0.2, 0.25) is 15.2 Å². The molecule has 27 heavy (non-hydrogen) atoms. The first kappa shape index (κ1) is 20.2. The number of hydrogen-bond donors (Lipinski definition) is 1. The lowest BCUT2D eigenvalue weighted by molar-refractivity contribution is 0.102. The van der Waals surface area contributed by atoms with E-state index in [1.54, 1.807) is 40.3 Å². The van der Waals surface area contributed by atoms with Crippen molar-refractivity contribution in [3.8, 4) is 0 Å². The molecular weight excluding hydrogens is 404 g/mol. The minimum absolute atomic E-state index is 0.0388. The first-order valence-corrected chi connectivity index (χ1v) is 12.2. The summed E-state index contributed by atoms with van der Waals surface area (Å²) in [7, 11) is -3.31. The third-order valence-electron chi connectivity index (χ3n) is 4.17. The molecule has 1 amide bonds. The number of rotatable bonds is 7. The van der Waals surface area contributed by atoms with E-state index in [9.17, 15) is 13.2 Å². The number of carbonyl (C=O) groups excluding carboxylic acids is 1. The van der Waals surface area contributed by atoms with Gasteiger partial charge < -0.3 is 0 Å². The van der Waals surface area contributed by atoms with Gasteiger partial charge in [-0.05, 0) is 36.3 Å². The number of nitrogens with one attached hydrogen (secondary N) is 1. The third-order valence-corrected chi connectivity index (χ3v) is 7.87. The van der Waals surface area contributed by atoms with Crippen molar-refractivity contribution in [3.63, 3.8) is 0 Å². The Bertz CT molecular complexity index is 875. The Kier molecular flexibility index (Phi) is 6.85. The number of piperidine rings is 1. The zero-order chi connectivity index (χ0) is 19.3. The van der Waals surface area contributed by atoms with Gasteiger partial charge in [0, 0.05) is 18.7 Å². The largest absolute Gasteiger partial charge is 0.296 e. The van der Waals surface area contributed by atoms with E-state index >= 15 is 0 Å². The number of carbonyl (C=O) groups is 1. The number of sulfonamides is 1. The zero-order valence-electron chi connectivity index (χ0n) is 15.1. The average Bonchev–Trinajstić information content (AvgIpc) is 3.10. The van der Waals surface area contributed by atoms with Crippen LogP contribution in [0.4, 0.5) is 5.13 Å². The van der Waals surface area contributed by atoms with Gasteiger partial charge in [-0.15, -0.1) is 10.2 Å². The van der Waals surface area contributed by atoms with Crippen LogP contribution in [0.1, 0.15) is 42.1 Å². The molecule has 2 heterocycles. The molecule has 1 saturated heterocycles. The van der Waals surface area contributed by atoms with Crippen molar-refractivity contribution < 1.29 is 13.2 Å². The van der Waals surface area contributed by atoms with Gasteiger partial charge in [-0.1, -0.05) is 48.6 Å². The molecule has 1 fully saturated rings. The zero-order valence-corrected chi connectivity index (χ0v) is 17.5. The van der Waals surface area contributed by atoms with E-state index in [0.717, 1.165) is 29.4 Å². The van der Waals surface area contributed by atoms with E-state index in [-0.39, 0.29) is 11.7 Å². The summed E-state index contributed by atoms with van der Waals surface area (Å²) in [5.41, 5.74) is 1.13. The van der Waals surface area contributed by atoms with Crippen LogP contribution in [-0.4, -0.2) is 47.7 Å². The Morgan fingerprint density at radius 1 is 1.19 bits per heavy atom. The molecule has 146 valence electrons. The number of thioether (sulfide) groups is 1. The molecule has 1 aliphatic heterocycles. The maximum Gasteiger partial charge on any atom is 0.257 e. The van der Waals surface area contributed by atoms with Crippen LogP contribution >= 0.6 is 23.1 Å². The molecule has 1 aliphatic rings. The molecule has 1 aromatic carbocycles. The van der Waals surface area contributed by atoms with E-state index in [1.165, 1.54) is 11.3 Å². The van der Waals surface area contributed by atoms with Crippen molar-refractivity contribution in [2.24, 2.45) is 0 Å². The third kappa shape index (κ3) is 5.50. The highest BCUT2D eigenvalue weighted by Gasteiger charge is 2.24. The fourth-order valence-corrected chi connectivity index (χ4v) is 6.06. The Balaban J connectivity index is 1.61. The monoisotopic (exact) mass is 426 g/mol. The second kappa shape index (κ2) is 9.13. The first-order valence-electron chi connectivity index (χ1n) is 8.82. The van der Waals surface area contributed by atoms with Gasteiger partial charge >= 0.3 is 0 Å². The van der Waals surface area contributed by atoms with E-state index in [1.807, 2.05) is 6.92 Å². The van der Waals surface area contributed by atoms with Crippen molar-refractivity contribution in [1.82, 2.24) is 14.5 Å². The van der Waals surface area contributed by atoms with Gasteiger partial charge in [0.1, 0.15) is 0 Å². The van der Waals surface area contributed by atoms with Crippen molar-refractivity contribution in [2.75, 3.05) is 24.2 Å². The highest BCUT2D eigenvalue weighted by molar-refractivity contribution is 8.01. The highest BCUT2D eigenvalue weighted by atomic mass is 32.2. The number of nitrogens with zero attached hydrogens (tertiary/aromatic N) is 3. The molecule has 3 rings (SSSR count). The summed E-state index contributed by atoms with van der Waals surface area (Å²) in [5, 5.41) is 11.1. The maximum atomic E-state index is 12.5. The Morgan fingerprint density at radius 2 is 1.89 bits per heavy atom. The lowest BCUT2D eigenvalue weighted by Crippen LogP contribution is -2.36. The molecule has 0 bridgehead atoms. The van der Waals surface area contributed by atoms with E-state index in [2.05, 4.69) is 15.5 Å². The molecule has 1 N–H and O–H groups in total. The second-order valence-electron chi connectivity index (χ2n) is 6.17. The molecule has 0 saturated carbocycles. The van der Waals surface area contributed by atoms with Gasteiger partial charge in [0.05, 0.1) is 5.75 Å². The van der Waals surface area contributed by atoms with Crippen molar-refractivity contribution >= 4 is 44.2 Å². The summed E-state index contributed by atoms with van der Waals surface area (Å²) < 4.78 is 27.4. The minimum atomic E-state index is -3.31. The molecule has 0 aliphatic carbocycles. The van der Waals surface area contributed by atoms with Crippen LogP contribution in [0.25, 0.3) is 0 Å². The summed E-state index contributed by atoms with van der Waals surface area (Å²) in [4.78, 5) is 12.3. The highest BCUT2D eigenvalue weighted by Crippen LogP contribution is 2.25. The Labute approximate surface area is 167 Å². The lowest BCUT2D eigenvalue weighted by atomic mass is 10.1. The van der Waals surface area contributed by atoms with Gasteiger partial charge in [0.15, 0.2) is 4.34 Å². The smallest absolute Gasteiger partial charge is 0.257 e. The van der Waals surface area contributed by atoms with E-state index in [0.29, 0.717) is 29.3 Å². The quantitative estimate of drug-likeness (QED) is 0.540. The topological polar surface area (TPSA) is 92.3 Å². The fraction of sp³-hybridized carbons (Fsp3) is 0.471. The van der Waals surface area contributed by atoms with Gasteiger partial charge in [-0.2, -0.15) is 0 Å². The number of amides is 1. The summed E-state index contributed by atoms with van der Waals surface area (Å²) >= 11 is 2.90. The number of aromatic nitrogens is 2. The lowest BCUT2D eigenvalue weighted by Gasteiger charge is -2.25. The van der Waals surface area contributed by atoms with Crippen LogP contribution in [0.15, 0.2) is 28.6 Å². The van der Waals surface area contributed by atoms with Crippen LogP contribution in [0.5, 0.6) is 0 Å². The maximum absolute atomic E-state index is 12.5. The SMILES string of the molecule is CCSc1nnc(NC(=O)c2ccc(CS(=O)(=O)N3CCCCC3)cc2)s1. The van der Waals surface area contributed by atoms with Crippen molar-refractivity contribution in [2.45, 2.75) is 36.3 Å². The van der Waals surface area contributed by atoms with Gasteiger partial charge in [-0.25, -0.2) is 12.7 Å². The molecule has 10 heteroatoms. The van der Waals surface area contributed by atoms with E-state index in [4.69, 9.17) is 0 Å². The number of hydrogen-bond acceptors (Lipinski definition) is 7. The summed E-state index contributed by atoms with van der Waals surface area (Å²) in [6.45, 7) is 3.23. The molecule has 0 atom stereocenters. The average molecular weight is 427 g/mol.